The minimum Gasteiger partial charge on any atom is -0.486 e. The van der Waals surface area contributed by atoms with Gasteiger partial charge in [0, 0.05) is 19.4 Å². The normalized spacial score (nSPS) is 31.2. The third-order valence-corrected chi connectivity index (χ3v) is 5.48. The Balaban J connectivity index is 1.49. The van der Waals surface area contributed by atoms with Crippen molar-refractivity contribution in [1.82, 2.24) is 15.9 Å². The lowest BCUT2D eigenvalue weighted by atomic mass is 9.89. The quantitative estimate of drug-likeness (QED) is 0.718. The van der Waals surface area contributed by atoms with E-state index in [9.17, 15) is 9.59 Å². The van der Waals surface area contributed by atoms with E-state index in [-0.39, 0.29) is 17.4 Å². The number of benzene rings is 1. The Labute approximate surface area is 144 Å². The highest BCUT2D eigenvalue weighted by Crippen LogP contribution is 2.40. The molecule has 5 rings (SSSR count). The van der Waals surface area contributed by atoms with Crippen molar-refractivity contribution in [1.29, 1.82) is 0 Å². The minimum atomic E-state index is -0.663. The summed E-state index contributed by atoms with van der Waals surface area (Å²) in [6, 6.07) is 3.55. The second-order valence-electron chi connectivity index (χ2n) is 6.99. The molecule has 0 saturated carbocycles. The van der Waals surface area contributed by atoms with Crippen LogP contribution in [0.1, 0.15) is 45.5 Å². The molecule has 2 N–H and O–H groups in total. The van der Waals surface area contributed by atoms with Crippen LogP contribution in [0.4, 0.5) is 0 Å². The molecule has 4 heterocycles. The molecule has 132 valence electrons. The van der Waals surface area contributed by atoms with Gasteiger partial charge in [-0.15, -0.1) is 0 Å². The number of hydrogen-bond donors (Lipinski definition) is 2. The Morgan fingerprint density at radius 1 is 1.16 bits per heavy atom. The zero-order valence-electron chi connectivity index (χ0n) is 13.7. The highest BCUT2D eigenvalue weighted by molar-refractivity contribution is 6.21. The fraction of sp³-hybridized carbons (Fsp3) is 0.529. The van der Waals surface area contributed by atoms with Gasteiger partial charge < -0.3 is 10.1 Å². The highest BCUT2D eigenvalue weighted by Gasteiger charge is 2.44. The van der Waals surface area contributed by atoms with Gasteiger partial charge in [0.05, 0.1) is 17.7 Å². The maximum Gasteiger partial charge on any atom is 0.263 e. The van der Waals surface area contributed by atoms with Crippen LogP contribution in [0.2, 0.25) is 0 Å². The molecule has 0 aromatic heterocycles. The van der Waals surface area contributed by atoms with Crippen LogP contribution >= 0.6 is 0 Å². The number of ether oxygens (including phenoxy) is 1. The van der Waals surface area contributed by atoms with Crippen molar-refractivity contribution in [3.63, 3.8) is 0 Å². The topological polar surface area (TPSA) is 89.1 Å². The van der Waals surface area contributed by atoms with E-state index in [0.717, 1.165) is 43.7 Å². The first-order valence-electron chi connectivity index (χ1n) is 8.64. The molecule has 4 aliphatic heterocycles. The summed E-state index contributed by atoms with van der Waals surface area (Å²) < 4.78 is 6.26. The summed E-state index contributed by atoms with van der Waals surface area (Å²) in [5.74, 6) is 0.0614. The number of hydrogen-bond acceptors (Lipinski definition) is 7. The van der Waals surface area contributed by atoms with E-state index < -0.39 is 6.23 Å². The fourth-order valence-electron chi connectivity index (χ4n) is 4.08. The largest absolute Gasteiger partial charge is 0.486 e. The monoisotopic (exact) mass is 345 g/mol. The number of nitrogens with one attached hydrogen (secondary N) is 2. The molecular weight excluding hydrogens is 326 g/mol. The van der Waals surface area contributed by atoms with Crippen LogP contribution in [0.25, 0.3) is 0 Å². The third-order valence-electron chi connectivity index (χ3n) is 5.48. The van der Waals surface area contributed by atoms with Gasteiger partial charge in [0.15, 0.2) is 6.23 Å². The van der Waals surface area contributed by atoms with E-state index >= 15 is 0 Å². The number of carbonyl (C=O) groups excluding carboxylic acids is 2. The van der Waals surface area contributed by atoms with Gasteiger partial charge in [-0.3, -0.25) is 19.3 Å². The first kappa shape index (κ1) is 15.3. The number of nitrogens with zero attached hydrogens (tertiary/aromatic N) is 1. The summed E-state index contributed by atoms with van der Waals surface area (Å²) in [6.07, 6.45) is 2.50. The van der Waals surface area contributed by atoms with Crippen molar-refractivity contribution in [2.24, 2.45) is 0 Å². The van der Waals surface area contributed by atoms with Crippen LogP contribution in [0, 0.1) is 0 Å². The summed E-state index contributed by atoms with van der Waals surface area (Å²) in [7, 11) is 0. The van der Waals surface area contributed by atoms with Gasteiger partial charge in [-0.2, -0.15) is 0 Å². The zero-order chi connectivity index (χ0) is 17.0. The SMILES string of the molecule is O=C1c2cc3c(cc2C(=O)N1C1CCONO1)OC1(CCNC1)CC3. The molecule has 1 aromatic rings. The molecule has 0 radical (unpaired) electrons. The zero-order valence-corrected chi connectivity index (χ0v) is 13.7. The second-order valence-corrected chi connectivity index (χ2v) is 6.99. The minimum absolute atomic E-state index is 0.180. The van der Waals surface area contributed by atoms with Crippen molar-refractivity contribution in [2.75, 3.05) is 19.7 Å². The van der Waals surface area contributed by atoms with Gasteiger partial charge >= 0.3 is 0 Å². The molecule has 4 aliphatic rings. The molecule has 2 unspecified atom stereocenters. The van der Waals surface area contributed by atoms with Crippen LogP contribution in [0.3, 0.4) is 0 Å². The fourth-order valence-corrected chi connectivity index (χ4v) is 4.08. The molecule has 2 saturated heterocycles. The Morgan fingerprint density at radius 2 is 2.00 bits per heavy atom. The van der Waals surface area contributed by atoms with Crippen LogP contribution in [-0.2, 0) is 16.1 Å². The number of fused-ring (bicyclic) bond motifs is 2. The van der Waals surface area contributed by atoms with E-state index in [1.54, 1.807) is 6.07 Å². The molecule has 2 amide bonds. The van der Waals surface area contributed by atoms with Crippen molar-refractivity contribution in [3.8, 4) is 5.75 Å². The summed E-state index contributed by atoms with van der Waals surface area (Å²) in [4.78, 5) is 36.8. The van der Waals surface area contributed by atoms with Gasteiger partial charge in [-0.1, -0.05) is 5.64 Å². The first-order valence-corrected chi connectivity index (χ1v) is 8.64. The van der Waals surface area contributed by atoms with Crippen molar-refractivity contribution in [3.05, 3.63) is 28.8 Å². The lowest BCUT2D eigenvalue weighted by Gasteiger charge is -2.35. The number of rotatable bonds is 1. The van der Waals surface area contributed by atoms with E-state index in [4.69, 9.17) is 14.4 Å². The maximum absolute atomic E-state index is 12.8. The standard InChI is InChI=1S/C17H19N3O5/c21-15-11-7-10-1-3-17(4-5-18-9-17)24-13(10)8-12(11)16(22)20(15)14-2-6-23-19-25-14/h7-8,14,18-19H,1-6,9H2. The number of imide groups is 1. The van der Waals surface area contributed by atoms with Gasteiger partial charge in [0.25, 0.3) is 11.8 Å². The Bertz CT molecular complexity index is 753. The average Bonchev–Trinajstić information content (AvgIpc) is 3.18. The van der Waals surface area contributed by atoms with Gasteiger partial charge in [-0.25, -0.2) is 4.90 Å². The van der Waals surface area contributed by atoms with Crippen molar-refractivity contribution in [2.45, 2.75) is 37.5 Å². The molecular formula is C17H19N3O5. The van der Waals surface area contributed by atoms with Gasteiger partial charge in [0.1, 0.15) is 11.4 Å². The molecule has 2 atom stereocenters. The predicted octanol–water partition coefficient (Wildman–Crippen LogP) is 0.522. The maximum atomic E-state index is 12.8. The lowest BCUT2D eigenvalue weighted by Crippen LogP contribution is -2.47. The summed E-state index contributed by atoms with van der Waals surface area (Å²) in [5, 5.41) is 3.34. The second kappa shape index (κ2) is 5.50. The summed E-state index contributed by atoms with van der Waals surface area (Å²) in [5.41, 5.74) is 3.92. The van der Waals surface area contributed by atoms with Crippen LogP contribution in [-0.4, -0.2) is 48.2 Å². The van der Waals surface area contributed by atoms with Crippen LogP contribution in [0.15, 0.2) is 12.1 Å². The molecule has 2 fully saturated rings. The first-order chi connectivity index (χ1) is 12.2. The average molecular weight is 345 g/mol. The molecule has 8 nitrogen and oxygen atoms in total. The van der Waals surface area contributed by atoms with Crippen molar-refractivity contribution < 1.29 is 24.0 Å². The molecule has 0 bridgehead atoms. The van der Waals surface area contributed by atoms with E-state index in [1.165, 1.54) is 4.90 Å². The predicted molar refractivity (Wildman–Crippen MR) is 84.7 cm³/mol. The molecule has 8 heteroatoms. The molecule has 25 heavy (non-hydrogen) atoms. The Hall–Kier alpha value is -2.00. The molecule has 1 aromatic carbocycles. The van der Waals surface area contributed by atoms with E-state index in [1.807, 2.05) is 6.07 Å². The molecule has 1 spiro atoms. The molecule has 0 aliphatic carbocycles. The highest BCUT2D eigenvalue weighted by atomic mass is 16.9. The van der Waals surface area contributed by atoms with Crippen LogP contribution < -0.4 is 15.7 Å². The van der Waals surface area contributed by atoms with E-state index in [2.05, 4.69) is 11.0 Å². The summed E-state index contributed by atoms with van der Waals surface area (Å²) in [6.45, 7) is 2.14. The number of amides is 2. The smallest absolute Gasteiger partial charge is 0.263 e. The number of carbonyl (C=O) groups is 2. The summed E-state index contributed by atoms with van der Waals surface area (Å²) >= 11 is 0. The lowest BCUT2D eigenvalue weighted by molar-refractivity contribution is -0.259. The van der Waals surface area contributed by atoms with E-state index in [0.29, 0.717) is 24.2 Å². The van der Waals surface area contributed by atoms with Gasteiger partial charge in [0.2, 0.25) is 0 Å². The van der Waals surface area contributed by atoms with Gasteiger partial charge in [-0.05, 0) is 37.1 Å². The van der Waals surface area contributed by atoms with Crippen LogP contribution in [0.5, 0.6) is 5.75 Å². The number of aryl methyl sites for hydroxylation is 1. The Morgan fingerprint density at radius 3 is 2.72 bits per heavy atom. The Kier molecular flexibility index (Phi) is 3.36. The third kappa shape index (κ3) is 2.29. The van der Waals surface area contributed by atoms with Crippen molar-refractivity contribution >= 4 is 11.8 Å².